The molecule has 0 bridgehead atoms. The number of anilines is 1. The van der Waals surface area contributed by atoms with Gasteiger partial charge >= 0.3 is 0 Å². The minimum absolute atomic E-state index is 0.0450. The van der Waals surface area contributed by atoms with Crippen LogP contribution < -0.4 is 4.31 Å². The molecular weight excluding hydrogens is 468 g/mol. The summed E-state index contributed by atoms with van der Waals surface area (Å²) >= 11 is 2.75. The van der Waals surface area contributed by atoms with Crippen LogP contribution in [0.25, 0.3) is 10.9 Å². The first kappa shape index (κ1) is 21.5. The fourth-order valence-electron chi connectivity index (χ4n) is 3.85. The number of para-hydroxylation sites is 1. The normalized spacial score (nSPS) is 19.2. The van der Waals surface area contributed by atoms with Gasteiger partial charge in [0, 0.05) is 37.2 Å². The Morgan fingerprint density at radius 1 is 1.31 bits per heavy atom. The maximum absolute atomic E-state index is 13.0. The van der Waals surface area contributed by atoms with E-state index in [1.54, 1.807) is 47.3 Å². The number of nitrogens with one attached hydrogen (secondary N) is 1. The first-order valence-electron chi connectivity index (χ1n) is 10.1. The Hall–Kier alpha value is -2.34. The number of aliphatic imine (C=N–C) groups is 1. The van der Waals surface area contributed by atoms with E-state index in [2.05, 4.69) is 9.98 Å². The van der Waals surface area contributed by atoms with Gasteiger partial charge in [0.1, 0.15) is 9.25 Å². The van der Waals surface area contributed by atoms with Crippen molar-refractivity contribution in [3.8, 4) is 0 Å². The number of aliphatic hydroxyl groups is 1. The fraction of sp³-hybridized carbons (Fsp3) is 0.333. The minimum atomic E-state index is -3.64. The Balaban J connectivity index is 1.35. The number of nitrogens with zero attached hydrogens (tertiary/aromatic N) is 3. The molecule has 1 saturated heterocycles. The van der Waals surface area contributed by atoms with Crippen molar-refractivity contribution >= 4 is 60.7 Å². The summed E-state index contributed by atoms with van der Waals surface area (Å²) in [4.78, 5) is 21.9. The third-order valence-corrected chi connectivity index (χ3v) is 10.0. The van der Waals surface area contributed by atoms with Crippen LogP contribution in [0.1, 0.15) is 12.1 Å². The Morgan fingerprint density at radius 3 is 2.84 bits per heavy atom. The molecule has 1 aromatic carbocycles. The number of rotatable bonds is 6. The molecule has 2 N–H and O–H groups in total. The van der Waals surface area contributed by atoms with Gasteiger partial charge in [0.25, 0.3) is 10.0 Å². The highest BCUT2D eigenvalue weighted by Crippen LogP contribution is 2.34. The van der Waals surface area contributed by atoms with Crippen LogP contribution in [0.3, 0.4) is 0 Å². The number of likely N-dealkylation sites (tertiary alicyclic amines) is 1. The van der Waals surface area contributed by atoms with Crippen LogP contribution in [-0.4, -0.2) is 72.4 Å². The average molecular weight is 491 g/mol. The van der Waals surface area contributed by atoms with Crippen LogP contribution in [-0.2, 0) is 14.8 Å². The van der Waals surface area contributed by atoms with E-state index in [0.29, 0.717) is 36.0 Å². The minimum Gasteiger partial charge on any atom is -0.389 e. The number of carbonyl (C=O) groups excluding carboxylic acids is 1. The Labute approximate surface area is 194 Å². The van der Waals surface area contributed by atoms with Gasteiger partial charge in [0.05, 0.1) is 29.5 Å². The van der Waals surface area contributed by atoms with Gasteiger partial charge in [-0.2, -0.15) is 0 Å². The number of carbonyl (C=O) groups is 1. The van der Waals surface area contributed by atoms with E-state index in [0.717, 1.165) is 21.6 Å². The summed E-state index contributed by atoms with van der Waals surface area (Å²) in [5.74, 6) is 0.0450. The van der Waals surface area contributed by atoms with Gasteiger partial charge in [0.15, 0.2) is 0 Å². The number of fused-ring (bicyclic) bond motifs is 1. The number of H-pyrrole nitrogens is 1. The van der Waals surface area contributed by atoms with Gasteiger partial charge < -0.3 is 15.0 Å². The summed E-state index contributed by atoms with van der Waals surface area (Å²) in [6.07, 6.45) is -0.0122. The average Bonchev–Trinajstić information content (AvgIpc) is 3.50. The van der Waals surface area contributed by atoms with Crippen molar-refractivity contribution in [3.63, 3.8) is 0 Å². The van der Waals surface area contributed by atoms with Crippen LogP contribution in [0, 0.1) is 0 Å². The molecule has 0 spiro atoms. The molecule has 1 fully saturated rings. The Bertz CT molecular complexity index is 1290. The second-order valence-corrected chi connectivity index (χ2v) is 12.3. The summed E-state index contributed by atoms with van der Waals surface area (Å²) < 4.78 is 27.6. The molecule has 4 heterocycles. The third-order valence-electron chi connectivity index (χ3n) is 5.65. The van der Waals surface area contributed by atoms with Crippen LogP contribution in [0.15, 0.2) is 51.0 Å². The number of hydrogen-bond donors (Lipinski definition) is 2. The van der Waals surface area contributed by atoms with Gasteiger partial charge in [-0.25, -0.2) is 8.42 Å². The Morgan fingerprint density at radius 2 is 2.12 bits per heavy atom. The van der Waals surface area contributed by atoms with Crippen molar-refractivity contribution in [2.45, 2.75) is 22.0 Å². The van der Waals surface area contributed by atoms with Gasteiger partial charge in [-0.3, -0.25) is 14.1 Å². The molecule has 5 rings (SSSR count). The van der Waals surface area contributed by atoms with Gasteiger partial charge in [-0.05, 0) is 23.6 Å². The van der Waals surface area contributed by atoms with E-state index in [9.17, 15) is 18.3 Å². The first-order valence-corrected chi connectivity index (χ1v) is 13.3. The van der Waals surface area contributed by atoms with Crippen molar-refractivity contribution in [2.24, 2.45) is 4.99 Å². The zero-order chi connectivity index (χ0) is 22.5. The number of thioether (sulfide) groups is 1. The number of β-amino-alcohol motifs (C(OH)–C–C–N with tert-alkyl or cyclic N) is 1. The molecule has 3 aromatic rings. The maximum atomic E-state index is 13.0. The molecule has 32 heavy (non-hydrogen) atoms. The van der Waals surface area contributed by atoms with Gasteiger partial charge in [-0.1, -0.05) is 30.0 Å². The summed E-state index contributed by atoms with van der Waals surface area (Å²) in [7, 11) is -2.09. The summed E-state index contributed by atoms with van der Waals surface area (Å²) in [6, 6.07) is 10.8. The number of amides is 1. The van der Waals surface area contributed by atoms with Crippen LogP contribution >= 0.6 is 23.1 Å². The highest BCUT2D eigenvalue weighted by atomic mass is 32.2. The van der Waals surface area contributed by atoms with E-state index in [-0.39, 0.29) is 11.2 Å². The number of aliphatic hydroxyl groups excluding tert-OH is 1. The molecule has 0 aliphatic carbocycles. The van der Waals surface area contributed by atoms with Crippen LogP contribution in [0.2, 0.25) is 0 Å². The van der Waals surface area contributed by atoms with Gasteiger partial charge in [-0.15, -0.1) is 11.3 Å². The molecule has 2 aliphatic heterocycles. The zero-order valence-electron chi connectivity index (χ0n) is 17.3. The lowest BCUT2D eigenvalue weighted by Gasteiger charge is -2.36. The molecule has 11 heteroatoms. The number of hydrogen-bond acceptors (Lipinski definition) is 7. The van der Waals surface area contributed by atoms with Crippen LogP contribution in [0.4, 0.5) is 5.69 Å². The Kier molecular flexibility index (Phi) is 5.52. The van der Waals surface area contributed by atoms with Crippen molar-refractivity contribution < 1.29 is 18.3 Å². The molecule has 2 aromatic heterocycles. The standard InChI is InChI=1S/C21H22N4O4S3/c1-24(32(28,29)19-6-3-7-30-19)17-5-2-4-13-8-16(23-20(13)17)21-22-10-15(31-21)9-18(27)25-11-14(26)12-25/h2-8,14-15,23,26H,9-12H2,1H3. The topological polar surface area (TPSA) is 106 Å². The molecule has 1 atom stereocenters. The van der Waals surface area contributed by atoms with E-state index in [1.807, 2.05) is 18.2 Å². The van der Waals surface area contributed by atoms with Crippen molar-refractivity contribution in [1.29, 1.82) is 0 Å². The number of aromatic nitrogens is 1. The molecule has 0 radical (unpaired) electrons. The molecule has 1 unspecified atom stereocenters. The number of thiophene rings is 1. The third kappa shape index (κ3) is 3.83. The number of aromatic amines is 1. The maximum Gasteiger partial charge on any atom is 0.273 e. The summed E-state index contributed by atoms with van der Waals surface area (Å²) in [5.41, 5.74) is 2.10. The van der Waals surface area contributed by atoms with E-state index < -0.39 is 16.1 Å². The predicted octanol–water partition coefficient (Wildman–Crippen LogP) is 2.51. The largest absolute Gasteiger partial charge is 0.389 e. The number of sulfonamides is 1. The summed E-state index contributed by atoms with van der Waals surface area (Å²) in [6.45, 7) is 1.38. The second-order valence-electron chi connectivity index (χ2n) is 7.87. The number of benzene rings is 1. The van der Waals surface area contributed by atoms with E-state index >= 15 is 0 Å². The second kappa shape index (κ2) is 8.22. The first-order chi connectivity index (χ1) is 15.3. The summed E-state index contributed by atoms with van der Waals surface area (Å²) in [5, 5.41) is 12.9. The van der Waals surface area contributed by atoms with E-state index in [1.165, 1.54) is 15.6 Å². The lowest BCUT2D eigenvalue weighted by atomic mass is 10.1. The monoisotopic (exact) mass is 490 g/mol. The smallest absolute Gasteiger partial charge is 0.273 e. The van der Waals surface area contributed by atoms with Crippen molar-refractivity contribution in [1.82, 2.24) is 9.88 Å². The lowest BCUT2D eigenvalue weighted by Crippen LogP contribution is -2.53. The molecule has 168 valence electrons. The molecule has 0 saturated carbocycles. The highest BCUT2D eigenvalue weighted by Gasteiger charge is 2.32. The highest BCUT2D eigenvalue weighted by molar-refractivity contribution is 8.15. The zero-order valence-corrected chi connectivity index (χ0v) is 19.7. The van der Waals surface area contributed by atoms with E-state index in [4.69, 9.17) is 0 Å². The lowest BCUT2D eigenvalue weighted by molar-refractivity contribution is -0.141. The fourth-order valence-corrected chi connectivity index (χ4v) is 7.29. The molecule has 1 amide bonds. The van der Waals surface area contributed by atoms with Crippen molar-refractivity contribution in [2.75, 3.05) is 31.0 Å². The van der Waals surface area contributed by atoms with Crippen molar-refractivity contribution in [3.05, 3.63) is 47.5 Å². The predicted molar refractivity (Wildman–Crippen MR) is 128 cm³/mol. The SMILES string of the molecule is CN(c1cccc2cc(C3=NCC(CC(=O)N4CC(O)C4)S3)[nH]c12)S(=O)(=O)c1cccs1. The molecule has 8 nitrogen and oxygen atoms in total. The van der Waals surface area contributed by atoms with Crippen LogP contribution in [0.5, 0.6) is 0 Å². The molecular formula is C21H22N4O4S3. The quantitative estimate of drug-likeness (QED) is 0.552. The molecule has 2 aliphatic rings. The van der Waals surface area contributed by atoms with Gasteiger partial charge in [0.2, 0.25) is 5.91 Å².